The maximum atomic E-state index is 13.4. The zero-order valence-electron chi connectivity index (χ0n) is 19.6. The molecule has 1 aromatic heterocycles. The summed E-state index contributed by atoms with van der Waals surface area (Å²) >= 11 is 6.08. The number of aromatic nitrogens is 2. The summed E-state index contributed by atoms with van der Waals surface area (Å²) in [5.74, 6) is 1.59. The Morgan fingerprint density at radius 2 is 1.85 bits per heavy atom. The van der Waals surface area contributed by atoms with E-state index in [1.807, 2.05) is 0 Å². The number of fused-ring (bicyclic) bond motifs is 1. The summed E-state index contributed by atoms with van der Waals surface area (Å²) in [6.07, 6.45) is 6.66. The van der Waals surface area contributed by atoms with Gasteiger partial charge in [0.1, 0.15) is 5.82 Å². The van der Waals surface area contributed by atoms with Crippen LogP contribution in [0.5, 0.6) is 0 Å². The van der Waals surface area contributed by atoms with E-state index in [1.54, 1.807) is 18.2 Å². The lowest BCUT2D eigenvalue weighted by molar-refractivity contribution is 0.122. The highest BCUT2D eigenvalue weighted by atomic mass is 35.5. The lowest BCUT2D eigenvalue weighted by Crippen LogP contribution is -2.42. The van der Waals surface area contributed by atoms with Gasteiger partial charge in [-0.3, -0.25) is 0 Å². The highest BCUT2D eigenvalue weighted by molar-refractivity contribution is 7.89. The predicted molar refractivity (Wildman–Crippen MR) is 133 cm³/mol. The van der Waals surface area contributed by atoms with Gasteiger partial charge in [0, 0.05) is 56.3 Å². The van der Waals surface area contributed by atoms with Crippen LogP contribution in [-0.4, -0.2) is 68.6 Å². The number of benzene rings is 1. The summed E-state index contributed by atoms with van der Waals surface area (Å²) in [7, 11) is -1.58. The van der Waals surface area contributed by atoms with Crippen LogP contribution in [0.25, 0.3) is 0 Å². The van der Waals surface area contributed by atoms with Crippen molar-refractivity contribution in [2.45, 2.75) is 56.0 Å². The van der Waals surface area contributed by atoms with Crippen LogP contribution in [-0.2, 0) is 27.7 Å². The van der Waals surface area contributed by atoms with Gasteiger partial charge in [-0.05, 0) is 31.0 Å². The summed E-state index contributed by atoms with van der Waals surface area (Å²) in [5.41, 5.74) is 1.85. The van der Waals surface area contributed by atoms with Crippen molar-refractivity contribution >= 4 is 33.4 Å². The van der Waals surface area contributed by atoms with Gasteiger partial charge in [-0.25, -0.2) is 13.4 Å². The molecule has 184 valence electrons. The number of halogens is 1. The molecule has 2 fully saturated rings. The topological polar surface area (TPSA) is 78.9 Å². The van der Waals surface area contributed by atoms with Gasteiger partial charge in [0.2, 0.25) is 16.0 Å². The quantitative estimate of drug-likeness (QED) is 0.615. The Hall–Kier alpha value is -1.94. The highest BCUT2D eigenvalue weighted by Gasteiger charge is 2.33. The minimum atomic E-state index is -3.68. The molecular weight excluding hydrogens is 474 g/mol. The van der Waals surface area contributed by atoms with Crippen molar-refractivity contribution in [3.8, 4) is 0 Å². The zero-order valence-corrected chi connectivity index (χ0v) is 21.2. The molecule has 0 N–H and O–H groups in total. The summed E-state index contributed by atoms with van der Waals surface area (Å²) in [6.45, 7) is 3.38. The first kappa shape index (κ1) is 23.8. The Balaban J connectivity index is 1.50. The molecule has 0 atom stereocenters. The molecular formula is C24H32ClN5O3S. The van der Waals surface area contributed by atoms with Crippen molar-refractivity contribution in [3.05, 3.63) is 40.5 Å². The van der Waals surface area contributed by atoms with E-state index in [1.165, 1.54) is 29.6 Å². The van der Waals surface area contributed by atoms with E-state index in [-0.39, 0.29) is 11.4 Å². The molecule has 5 rings (SSSR count). The molecule has 10 heteroatoms. The molecule has 0 radical (unpaired) electrons. The van der Waals surface area contributed by atoms with Gasteiger partial charge in [-0.2, -0.15) is 9.29 Å². The largest absolute Gasteiger partial charge is 0.378 e. The van der Waals surface area contributed by atoms with Gasteiger partial charge in [0.05, 0.1) is 23.8 Å². The third-order valence-corrected chi connectivity index (χ3v) is 9.25. The van der Waals surface area contributed by atoms with Crippen molar-refractivity contribution in [2.24, 2.45) is 0 Å². The fourth-order valence-corrected chi connectivity index (χ4v) is 6.88. The molecule has 1 aliphatic carbocycles. The SMILES string of the molecule is CN(c1nc2c(c(N3CCOCC3)n1)CN(S(=O)(=O)c1cccc(Cl)c1)CC2)C1CCCCC1. The average molecular weight is 506 g/mol. The van der Waals surface area contributed by atoms with Crippen molar-refractivity contribution in [2.75, 3.05) is 49.7 Å². The molecule has 34 heavy (non-hydrogen) atoms. The monoisotopic (exact) mass is 505 g/mol. The lowest BCUT2D eigenvalue weighted by Gasteiger charge is -2.36. The standard InChI is InChI=1S/C24H32ClN5O3S/c1-28(19-7-3-2-4-8-19)24-26-22-10-11-30(34(31,32)20-9-5-6-18(25)16-20)17-21(22)23(27-24)29-12-14-33-15-13-29/h5-6,9,16,19H,2-4,7-8,10-15,17H2,1H3. The average Bonchev–Trinajstić information content (AvgIpc) is 2.88. The Morgan fingerprint density at radius 3 is 2.59 bits per heavy atom. The van der Waals surface area contributed by atoms with Gasteiger partial charge in [-0.15, -0.1) is 0 Å². The van der Waals surface area contributed by atoms with Crippen LogP contribution in [0.1, 0.15) is 43.4 Å². The minimum Gasteiger partial charge on any atom is -0.378 e. The van der Waals surface area contributed by atoms with Crippen LogP contribution in [0, 0.1) is 0 Å². The van der Waals surface area contributed by atoms with E-state index in [4.69, 9.17) is 26.3 Å². The van der Waals surface area contributed by atoms with Crippen molar-refractivity contribution < 1.29 is 13.2 Å². The fourth-order valence-electron chi connectivity index (χ4n) is 5.17. The molecule has 0 amide bonds. The number of ether oxygens (including phenoxy) is 1. The maximum absolute atomic E-state index is 13.4. The maximum Gasteiger partial charge on any atom is 0.243 e. The molecule has 1 aromatic carbocycles. The Morgan fingerprint density at radius 1 is 1.09 bits per heavy atom. The second-order valence-electron chi connectivity index (χ2n) is 9.32. The van der Waals surface area contributed by atoms with Gasteiger partial charge in [-0.1, -0.05) is 36.9 Å². The number of nitrogens with zero attached hydrogens (tertiary/aromatic N) is 5. The second kappa shape index (κ2) is 9.97. The summed E-state index contributed by atoms with van der Waals surface area (Å²) < 4.78 is 33.9. The number of rotatable bonds is 5. The normalized spacial score (nSPS) is 20.2. The number of sulfonamides is 1. The van der Waals surface area contributed by atoms with E-state index >= 15 is 0 Å². The molecule has 0 bridgehead atoms. The first-order valence-corrected chi connectivity index (χ1v) is 14.0. The molecule has 3 aliphatic rings. The number of anilines is 2. The summed E-state index contributed by atoms with van der Waals surface area (Å²) in [6, 6.07) is 6.91. The van der Waals surface area contributed by atoms with Gasteiger partial charge in [0.25, 0.3) is 0 Å². The number of hydrogen-bond donors (Lipinski definition) is 0. The molecule has 0 spiro atoms. The van der Waals surface area contributed by atoms with Crippen LogP contribution < -0.4 is 9.80 Å². The first-order valence-electron chi connectivity index (χ1n) is 12.1. The van der Waals surface area contributed by atoms with Gasteiger partial charge < -0.3 is 14.5 Å². The van der Waals surface area contributed by atoms with Crippen molar-refractivity contribution in [3.63, 3.8) is 0 Å². The predicted octanol–water partition coefficient (Wildman–Crippen LogP) is 3.48. The van der Waals surface area contributed by atoms with Crippen LogP contribution in [0.15, 0.2) is 29.2 Å². The molecule has 8 nitrogen and oxygen atoms in total. The molecule has 2 aromatic rings. The molecule has 3 heterocycles. The zero-order chi connectivity index (χ0) is 23.7. The first-order chi connectivity index (χ1) is 16.4. The molecule has 0 unspecified atom stereocenters. The number of morpholine rings is 1. The third-order valence-electron chi connectivity index (χ3n) is 7.17. The van der Waals surface area contributed by atoms with Crippen LogP contribution in [0.3, 0.4) is 0 Å². The van der Waals surface area contributed by atoms with E-state index in [2.05, 4.69) is 16.8 Å². The van der Waals surface area contributed by atoms with E-state index in [0.29, 0.717) is 37.2 Å². The molecule has 2 aliphatic heterocycles. The lowest BCUT2D eigenvalue weighted by atomic mass is 9.95. The third kappa shape index (κ3) is 4.76. The Kier molecular flexibility index (Phi) is 6.97. The van der Waals surface area contributed by atoms with Crippen molar-refractivity contribution in [1.29, 1.82) is 0 Å². The van der Waals surface area contributed by atoms with E-state index < -0.39 is 10.0 Å². The van der Waals surface area contributed by atoms with E-state index in [0.717, 1.165) is 49.0 Å². The molecule has 1 saturated heterocycles. The Labute approximate surface area is 206 Å². The van der Waals surface area contributed by atoms with E-state index in [9.17, 15) is 8.42 Å². The van der Waals surface area contributed by atoms with Gasteiger partial charge >= 0.3 is 0 Å². The smallest absolute Gasteiger partial charge is 0.243 e. The van der Waals surface area contributed by atoms with Crippen molar-refractivity contribution in [1.82, 2.24) is 14.3 Å². The van der Waals surface area contributed by atoms with Crippen LogP contribution >= 0.6 is 11.6 Å². The number of hydrogen-bond acceptors (Lipinski definition) is 7. The summed E-state index contributed by atoms with van der Waals surface area (Å²) in [5, 5.41) is 0.409. The van der Waals surface area contributed by atoms with Crippen LogP contribution in [0.4, 0.5) is 11.8 Å². The molecule has 1 saturated carbocycles. The minimum absolute atomic E-state index is 0.214. The fraction of sp³-hybridized carbons (Fsp3) is 0.583. The van der Waals surface area contributed by atoms with Crippen LogP contribution in [0.2, 0.25) is 5.02 Å². The highest BCUT2D eigenvalue weighted by Crippen LogP contribution is 2.33. The Bertz CT molecular complexity index is 1130. The summed E-state index contributed by atoms with van der Waals surface area (Å²) in [4.78, 5) is 14.7. The second-order valence-corrected chi connectivity index (χ2v) is 11.7. The van der Waals surface area contributed by atoms with Gasteiger partial charge in [0.15, 0.2) is 0 Å².